The maximum atomic E-state index is 10.5. The molecule has 0 aromatic rings. The van der Waals surface area contributed by atoms with Crippen molar-refractivity contribution in [3.63, 3.8) is 0 Å². The van der Waals surface area contributed by atoms with Crippen LogP contribution in [0.4, 0.5) is 0 Å². The number of hydrogen-bond acceptors (Lipinski definition) is 3. The molecule has 0 amide bonds. The molecule has 1 rings (SSSR count). The van der Waals surface area contributed by atoms with Crippen LogP contribution in [0.2, 0.25) is 0 Å². The smallest absolute Gasteiger partial charge is 0.0768 e. The second-order valence-electron chi connectivity index (χ2n) is 6.73. The first-order valence-electron chi connectivity index (χ1n) is 7.50. The van der Waals surface area contributed by atoms with E-state index in [4.69, 9.17) is 0 Å². The summed E-state index contributed by atoms with van der Waals surface area (Å²) >= 11 is 0. The fourth-order valence-electron chi connectivity index (χ4n) is 2.45. The molecule has 1 saturated heterocycles. The maximum absolute atomic E-state index is 10.5. The number of hydrogen-bond donors (Lipinski definition) is 2. The van der Waals surface area contributed by atoms with E-state index in [9.17, 15) is 5.11 Å². The Labute approximate surface area is 113 Å². The van der Waals surface area contributed by atoms with Crippen molar-refractivity contribution in [3.8, 4) is 0 Å². The Morgan fingerprint density at radius 3 is 2.22 bits per heavy atom. The molecule has 0 radical (unpaired) electrons. The van der Waals surface area contributed by atoms with E-state index in [2.05, 4.69) is 37.9 Å². The maximum Gasteiger partial charge on any atom is 0.0768 e. The van der Waals surface area contributed by atoms with Gasteiger partial charge in [0.2, 0.25) is 0 Å². The lowest BCUT2D eigenvalue weighted by molar-refractivity contribution is -0.0306. The molecule has 18 heavy (non-hydrogen) atoms. The number of aliphatic hydroxyl groups is 1. The van der Waals surface area contributed by atoms with E-state index in [1.165, 1.54) is 12.8 Å². The van der Waals surface area contributed by atoms with Crippen LogP contribution >= 0.6 is 0 Å². The van der Waals surface area contributed by atoms with Crippen LogP contribution in [0.3, 0.4) is 0 Å². The van der Waals surface area contributed by atoms with Crippen molar-refractivity contribution >= 4 is 0 Å². The summed E-state index contributed by atoms with van der Waals surface area (Å²) < 4.78 is 0. The van der Waals surface area contributed by atoms with Gasteiger partial charge in [0.25, 0.3) is 0 Å². The highest BCUT2D eigenvalue weighted by atomic mass is 16.3. The Hall–Kier alpha value is -0.120. The van der Waals surface area contributed by atoms with Gasteiger partial charge in [0, 0.05) is 19.1 Å². The predicted molar refractivity (Wildman–Crippen MR) is 77.8 cm³/mol. The minimum Gasteiger partial charge on any atom is -0.389 e. The Bertz CT molecular complexity index is 233. The van der Waals surface area contributed by atoms with Crippen molar-refractivity contribution < 1.29 is 5.11 Å². The lowest BCUT2D eigenvalue weighted by atomic mass is 9.90. The minimum atomic E-state index is -0.586. The molecule has 3 heteroatoms. The lowest BCUT2D eigenvalue weighted by Crippen LogP contribution is -2.49. The molecule has 1 unspecified atom stereocenters. The fraction of sp³-hybridized carbons (Fsp3) is 1.00. The summed E-state index contributed by atoms with van der Waals surface area (Å²) in [6, 6.07) is 0.505. The highest BCUT2D eigenvalue weighted by Crippen LogP contribution is 2.21. The first-order chi connectivity index (χ1) is 8.33. The molecule has 0 saturated carbocycles. The van der Waals surface area contributed by atoms with Crippen molar-refractivity contribution in [2.45, 2.75) is 59.1 Å². The van der Waals surface area contributed by atoms with Crippen LogP contribution in [0.25, 0.3) is 0 Å². The number of nitrogens with zero attached hydrogens (tertiary/aromatic N) is 1. The van der Waals surface area contributed by atoms with E-state index in [0.29, 0.717) is 12.0 Å². The average molecular weight is 256 g/mol. The standard InChI is InChI=1S/C15H32N2O/c1-12(2)15(5,18)11-17(13(3)4)10-14-6-8-16-9-7-14/h12-14,16,18H,6-11H2,1-5H3. The molecule has 1 aliphatic rings. The third kappa shape index (κ3) is 4.87. The third-order valence-electron chi connectivity index (χ3n) is 4.45. The van der Waals surface area contributed by atoms with E-state index < -0.39 is 5.60 Å². The highest BCUT2D eigenvalue weighted by molar-refractivity contribution is 4.84. The molecule has 108 valence electrons. The Morgan fingerprint density at radius 2 is 1.78 bits per heavy atom. The molecule has 0 aliphatic carbocycles. The summed E-state index contributed by atoms with van der Waals surface area (Å²) in [4.78, 5) is 2.45. The molecule has 1 aliphatic heterocycles. The van der Waals surface area contributed by atoms with Gasteiger partial charge in [0.05, 0.1) is 5.60 Å². The predicted octanol–water partition coefficient (Wildman–Crippen LogP) is 2.10. The van der Waals surface area contributed by atoms with Gasteiger partial charge < -0.3 is 10.4 Å². The SMILES string of the molecule is CC(C)N(CC1CCNCC1)CC(C)(O)C(C)C. The Balaban J connectivity index is 2.54. The monoisotopic (exact) mass is 256 g/mol. The van der Waals surface area contributed by atoms with E-state index in [0.717, 1.165) is 32.1 Å². The zero-order valence-electron chi connectivity index (χ0n) is 12.9. The average Bonchev–Trinajstić information content (AvgIpc) is 2.29. The normalized spacial score (nSPS) is 21.8. The van der Waals surface area contributed by atoms with Gasteiger partial charge in [0.15, 0.2) is 0 Å². The van der Waals surface area contributed by atoms with Crippen molar-refractivity contribution in [1.82, 2.24) is 10.2 Å². The summed E-state index contributed by atoms with van der Waals surface area (Å²) in [5.41, 5.74) is -0.586. The van der Waals surface area contributed by atoms with Crippen LogP contribution in [-0.4, -0.2) is 47.8 Å². The first-order valence-corrected chi connectivity index (χ1v) is 7.50. The lowest BCUT2D eigenvalue weighted by Gasteiger charge is -2.39. The van der Waals surface area contributed by atoms with Gasteiger partial charge in [-0.2, -0.15) is 0 Å². The van der Waals surface area contributed by atoms with Gasteiger partial charge >= 0.3 is 0 Å². The molecule has 1 fully saturated rings. The molecule has 0 aromatic carbocycles. The molecular weight excluding hydrogens is 224 g/mol. The van der Waals surface area contributed by atoms with Gasteiger partial charge in [0.1, 0.15) is 0 Å². The number of rotatable bonds is 6. The molecular formula is C15H32N2O. The zero-order chi connectivity index (χ0) is 13.8. The summed E-state index contributed by atoms with van der Waals surface area (Å²) in [7, 11) is 0. The quantitative estimate of drug-likeness (QED) is 0.764. The van der Waals surface area contributed by atoms with Gasteiger partial charge in [-0.15, -0.1) is 0 Å². The van der Waals surface area contributed by atoms with Crippen LogP contribution < -0.4 is 5.32 Å². The molecule has 0 bridgehead atoms. The summed E-state index contributed by atoms with van der Waals surface area (Å²) in [5, 5.41) is 13.9. The van der Waals surface area contributed by atoms with Gasteiger partial charge in [-0.05, 0) is 58.5 Å². The van der Waals surface area contributed by atoms with Crippen LogP contribution in [0.15, 0.2) is 0 Å². The zero-order valence-corrected chi connectivity index (χ0v) is 12.9. The molecule has 1 heterocycles. The van der Waals surface area contributed by atoms with Crippen molar-refractivity contribution in [1.29, 1.82) is 0 Å². The molecule has 3 nitrogen and oxygen atoms in total. The Morgan fingerprint density at radius 1 is 1.22 bits per heavy atom. The summed E-state index contributed by atoms with van der Waals surface area (Å²) in [6.07, 6.45) is 2.54. The van der Waals surface area contributed by atoms with E-state index in [1.807, 2.05) is 6.92 Å². The van der Waals surface area contributed by atoms with Crippen molar-refractivity contribution in [3.05, 3.63) is 0 Å². The van der Waals surface area contributed by atoms with Gasteiger partial charge in [-0.1, -0.05) is 13.8 Å². The van der Waals surface area contributed by atoms with Gasteiger partial charge in [-0.3, -0.25) is 4.90 Å². The molecule has 0 spiro atoms. The van der Waals surface area contributed by atoms with E-state index in [-0.39, 0.29) is 0 Å². The van der Waals surface area contributed by atoms with E-state index in [1.54, 1.807) is 0 Å². The summed E-state index contributed by atoms with van der Waals surface area (Å²) in [6.45, 7) is 14.8. The van der Waals surface area contributed by atoms with Crippen molar-refractivity contribution in [2.75, 3.05) is 26.2 Å². The molecule has 0 aromatic heterocycles. The van der Waals surface area contributed by atoms with Crippen LogP contribution in [0, 0.1) is 11.8 Å². The summed E-state index contributed by atoms with van der Waals surface area (Å²) in [5.74, 6) is 1.09. The van der Waals surface area contributed by atoms with E-state index >= 15 is 0 Å². The Kier molecular flexibility index (Phi) is 6.09. The largest absolute Gasteiger partial charge is 0.389 e. The third-order valence-corrected chi connectivity index (χ3v) is 4.45. The molecule has 1 atom stereocenters. The highest BCUT2D eigenvalue weighted by Gasteiger charge is 2.30. The minimum absolute atomic E-state index is 0.298. The van der Waals surface area contributed by atoms with Crippen LogP contribution in [0.1, 0.15) is 47.5 Å². The first kappa shape index (κ1) is 15.9. The fourth-order valence-corrected chi connectivity index (χ4v) is 2.45. The molecule has 2 N–H and O–H groups in total. The van der Waals surface area contributed by atoms with Crippen molar-refractivity contribution in [2.24, 2.45) is 11.8 Å². The second kappa shape index (κ2) is 6.88. The van der Waals surface area contributed by atoms with Crippen LogP contribution in [-0.2, 0) is 0 Å². The van der Waals surface area contributed by atoms with Gasteiger partial charge in [-0.25, -0.2) is 0 Å². The number of piperidine rings is 1. The second-order valence-corrected chi connectivity index (χ2v) is 6.73. The van der Waals surface area contributed by atoms with Crippen LogP contribution in [0.5, 0.6) is 0 Å². The topological polar surface area (TPSA) is 35.5 Å². The number of nitrogens with one attached hydrogen (secondary N) is 1.